The quantitative estimate of drug-likeness (QED) is 0.838. The lowest BCUT2D eigenvalue weighted by Gasteiger charge is -2.20. The number of anilines is 1. The highest BCUT2D eigenvalue weighted by Crippen LogP contribution is 2.31. The summed E-state index contributed by atoms with van der Waals surface area (Å²) in [6.07, 6.45) is 4.03. The molecule has 0 radical (unpaired) electrons. The van der Waals surface area contributed by atoms with Crippen LogP contribution in [0, 0.1) is 0 Å². The van der Waals surface area contributed by atoms with E-state index in [-0.39, 0.29) is 17.1 Å². The molecule has 1 aromatic rings. The zero-order valence-electron chi connectivity index (χ0n) is 12.4. The molecule has 21 heavy (non-hydrogen) atoms. The van der Waals surface area contributed by atoms with Gasteiger partial charge in [-0.1, -0.05) is 13.3 Å². The number of ether oxygens (including phenoxy) is 1. The van der Waals surface area contributed by atoms with Crippen LogP contribution >= 0.6 is 23.1 Å². The first-order chi connectivity index (χ1) is 10.2. The second-order valence-electron chi connectivity index (χ2n) is 4.87. The minimum absolute atomic E-state index is 0.000900. The van der Waals surface area contributed by atoms with Crippen LogP contribution in [0.2, 0.25) is 0 Å². The number of hydrogen-bond acceptors (Lipinski definition) is 5. The van der Waals surface area contributed by atoms with Gasteiger partial charge in [-0.3, -0.25) is 4.79 Å². The monoisotopic (exact) mass is 327 g/mol. The molecule has 1 N–H and O–H groups in total. The van der Waals surface area contributed by atoms with Gasteiger partial charge in [0.25, 0.3) is 0 Å². The molecule has 0 bridgehead atoms. The molecule has 2 rings (SSSR count). The van der Waals surface area contributed by atoms with Crippen molar-refractivity contribution < 1.29 is 14.3 Å². The van der Waals surface area contributed by atoms with Gasteiger partial charge in [0.05, 0.1) is 17.4 Å². The van der Waals surface area contributed by atoms with Gasteiger partial charge in [0.2, 0.25) is 5.91 Å². The molecule has 1 aromatic heterocycles. The number of hydrogen-bond donors (Lipinski definition) is 1. The fraction of sp³-hybridized carbons (Fsp3) is 0.600. The molecular formula is C15H21NO3S2. The number of carbonyl (C=O) groups excluding carboxylic acids is 2. The molecule has 1 aliphatic heterocycles. The average Bonchev–Trinajstić information content (AvgIpc) is 2.91. The van der Waals surface area contributed by atoms with Crippen LogP contribution in [0.4, 0.5) is 5.00 Å². The van der Waals surface area contributed by atoms with Gasteiger partial charge in [0, 0.05) is 4.88 Å². The molecule has 1 atom stereocenters. The molecule has 6 heteroatoms. The number of carbonyl (C=O) groups is 2. The van der Waals surface area contributed by atoms with Gasteiger partial charge in [-0.05, 0) is 38.0 Å². The molecule has 0 aliphatic carbocycles. The van der Waals surface area contributed by atoms with Gasteiger partial charge < -0.3 is 10.1 Å². The Morgan fingerprint density at radius 3 is 2.81 bits per heavy atom. The van der Waals surface area contributed by atoms with Gasteiger partial charge in [0.15, 0.2) is 0 Å². The molecule has 116 valence electrons. The number of nitrogens with one attached hydrogen (secondary N) is 1. The van der Waals surface area contributed by atoms with E-state index in [1.807, 2.05) is 13.0 Å². The fourth-order valence-corrected chi connectivity index (χ4v) is 4.40. The Morgan fingerprint density at radius 1 is 1.38 bits per heavy atom. The van der Waals surface area contributed by atoms with Crippen LogP contribution in [0.5, 0.6) is 0 Å². The summed E-state index contributed by atoms with van der Waals surface area (Å²) in [6.45, 7) is 4.15. The van der Waals surface area contributed by atoms with Crippen molar-refractivity contribution >= 4 is 40.0 Å². The molecule has 1 aliphatic rings. The van der Waals surface area contributed by atoms with Gasteiger partial charge >= 0.3 is 5.97 Å². The van der Waals surface area contributed by atoms with E-state index in [4.69, 9.17) is 4.74 Å². The smallest absolute Gasteiger partial charge is 0.341 e. The summed E-state index contributed by atoms with van der Waals surface area (Å²) < 4.78 is 5.06. The van der Waals surface area contributed by atoms with E-state index in [1.54, 1.807) is 18.7 Å². The largest absolute Gasteiger partial charge is 0.462 e. The molecule has 1 amide bonds. The van der Waals surface area contributed by atoms with Crippen molar-refractivity contribution in [1.82, 2.24) is 0 Å². The Balaban J connectivity index is 2.12. The number of amides is 1. The molecule has 0 saturated carbocycles. The molecule has 1 saturated heterocycles. The van der Waals surface area contributed by atoms with Crippen molar-refractivity contribution in [2.24, 2.45) is 0 Å². The molecular weight excluding hydrogens is 306 g/mol. The first-order valence-electron chi connectivity index (χ1n) is 7.38. The average molecular weight is 327 g/mol. The first-order valence-corrected chi connectivity index (χ1v) is 9.24. The van der Waals surface area contributed by atoms with E-state index in [0.717, 1.165) is 29.9 Å². The molecule has 4 nitrogen and oxygen atoms in total. The molecule has 2 heterocycles. The van der Waals surface area contributed by atoms with E-state index >= 15 is 0 Å². The van der Waals surface area contributed by atoms with Gasteiger partial charge in [-0.25, -0.2) is 4.79 Å². The van der Waals surface area contributed by atoms with Crippen LogP contribution in [-0.4, -0.2) is 29.5 Å². The van der Waals surface area contributed by atoms with E-state index in [9.17, 15) is 9.59 Å². The van der Waals surface area contributed by atoms with E-state index < -0.39 is 0 Å². The van der Waals surface area contributed by atoms with Gasteiger partial charge in [-0.15, -0.1) is 23.1 Å². The third-order valence-corrected chi connectivity index (χ3v) is 5.91. The Bertz CT molecular complexity index is 507. The highest BCUT2D eigenvalue weighted by Gasteiger charge is 2.25. The second kappa shape index (κ2) is 7.84. The van der Waals surface area contributed by atoms with Crippen molar-refractivity contribution in [3.8, 4) is 0 Å². The predicted octanol–water partition coefficient (Wildman–Crippen LogP) is 3.71. The SMILES string of the molecule is CCOC(=O)c1cc(CC)sc1NC(=O)C1CCCCS1. The number of rotatable bonds is 5. The Labute approximate surface area is 133 Å². The highest BCUT2D eigenvalue weighted by atomic mass is 32.2. The lowest BCUT2D eigenvalue weighted by atomic mass is 10.2. The Hall–Kier alpha value is -1.01. The van der Waals surface area contributed by atoms with Crippen LogP contribution in [0.3, 0.4) is 0 Å². The highest BCUT2D eigenvalue weighted by molar-refractivity contribution is 8.00. The first kappa shape index (κ1) is 16.4. The van der Waals surface area contributed by atoms with Crippen molar-refractivity contribution in [2.75, 3.05) is 17.7 Å². The van der Waals surface area contributed by atoms with Crippen LogP contribution < -0.4 is 5.32 Å². The van der Waals surface area contributed by atoms with Gasteiger partial charge in [0.1, 0.15) is 5.00 Å². The fourth-order valence-electron chi connectivity index (χ4n) is 2.21. The summed E-state index contributed by atoms with van der Waals surface area (Å²) in [5.41, 5.74) is 0.479. The molecule has 1 fully saturated rings. The van der Waals surface area contributed by atoms with Crippen LogP contribution in [0.1, 0.15) is 48.3 Å². The lowest BCUT2D eigenvalue weighted by molar-refractivity contribution is -0.115. The number of thioether (sulfide) groups is 1. The topological polar surface area (TPSA) is 55.4 Å². The number of esters is 1. The van der Waals surface area contributed by atoms with Crippen LogP contribution in [-0.2, 0) is 16.0 Å². The zero-order valence-corrected chi connectivity index (χ0v) is 14.1. The van der Waals surface area contributed by atoms with E-state index in [2.05, 4.69) is 5.32 Å². The second-order valence-corrected chi connectivity index (χ2v) is 7.32. The molecule has 1 unspecified atom stereocenters. The summed E-state index contributed by atoms with van der Waals surface area (Å²) in [7, 11) is 0. The maximum absolute atomic E-state index is 12.3. The third-order valence-electron chi connectivity index (χ3n) is 3.34. The summed E-state index contributed by atoms with van der Waals surface area (Å²) in [4.78, 5) is 25.4. The Morgan fingerprint density at radius 2 is 2.19 bits per heavy atom. The maximum atomic E-state index is 12.3. The van der Waals surface area contributed by atoms with Gasteiger partial charge in [-0.2, -0.15) is 0 Å². The summed E-state index contributed by atoms with van der Waals surface area (Å²) >= 11 is 3.17. The number of aryl methyl sites for hydroxylation is 1. The molecule has 0 aromatic carbocycles. The Kier molecular flexibility index (Phi) is 6.11. The summed E-state index contributed by atoms with van der Waals surface area (Å²) in [5.74, 6) is 0.683. The predicted molar refractivity (Wildman–Crippen MR) is 88.4 cm³/mol. The van der Waals surface area contributed by atoms with Crippen molar-refractivity contribution in [2.45, 2.75) is 44.8 Å². The standard InChI is InChI=1S/C15H21NO3S2/c1-3-10-9-11(15(18)19-4-2)14(21-10)16-13(17)12-7-5-6-8-20-12/h9,12H,3-8H2,1-2H3,(H,16,17). The number of thiophene rings is 1. The van der Waals surface area contributed by atoms with Crippen molar-refractivity contribution in [3.63, 3.8) is 0 Å². The minimum atomic E-state index is -0.361. The van der Waals surface area contributed by atoms with Crippen molar-refractivity contribution in [3.05, 3.63) is 16.5 Å². The summed E-state index contributed by atoms with van der Waals surface area (Å²) in [6, 6.07) is 1.83. The normalized spacial score (nSPS) is 18.3. The maximum Gasteiger partial charge on any atom is 0.341 e. The van der Waals surface area contributed by atoms with E-state index in [1.165, 1.54) is 17.8 Å². The van der Waals surface area contributed by atoms with Crippen LogP contribution in [0.15, 0.2) is 6.07 Å². The third kappa shape index (κ3) is 4.23. The zero-order chi connectivity index (χ0) is 15.2. The lowest BCUT2D eigenvalue weighted by Crippen LogP contribution is -2.27. The van der Waals surface area contributed by atoms with E-state index in [0.29, 0.717) is 17.2 Å². The molecule has 0 spiro atoms. The minimum Gasteiger partial charge on any atom is -0.462 e. The van der Waals surface area contributed by atoms with Crippen LogP contribution in [0.25, 0.3) is 0 Å². The van der Waals surface area contributed by atoms with Crippen molar-refractivity contribution in [1.29, 1.82) is 0 Å². The summed E-state index contributed by atoms with van der Waals surface area (Å²) in [5, 5.41) is 3.56.